The number of nitrogens with one attached hydrogen (secondary N) is 1. The fourth-order valence-corrected chi connectivity index (χ4v) is 3.60. The highest BCUT2D eigenvalue weighted by atomic mass is 35.5. The number of benzene rings is 2. The Morgan fingerprint density at radius 3 is 2.50 bits per heavy atom. The van der Waals surface area contributed by atoms with Crippen molar-refractivity contribution in [3.8, 4) is 0 Å². The summed E-state index contributed by atoms with van der Waals surface area (Å²) in [6, 6.07) is 15.1. The summed E-state index contributed by atoms with van der Waals surface area (Å²) in [5.74, 6) is 0.0661. The fourth-order valence-electron chi connectivity index (χ4n) is 3.09. The average molecular weight is 363 g/mol. The zero-order valence-corrected chi connectivity index (χ0v) is 14.9. The number of carbonyl (C=O) groups is 1. The van der Waals surface area contributed by atoms with Gasteiger partial charge in [-0.05, 0) is 43.7 Å². The Kier molecular flexibility index (Phi) is 5.77. The van der Waals surface area contributed by atoms with E-state index in [1.807, 2.05) is 48.5 Å². The molecule has 3 nitrogen and oxygen atoms in total. The van der Waals surface area contributed by atoms with Gasteiger partial charge in [-0.15, -0.1) is 0 Å². The quantitative estimate of drug-likeness (QED) is 0.843. The summed E-state index contributed by atoms with van der Waals surface area (Å²) >= 11 is 12.5. The van der Waals surface area contributed by atoms with Crippen molar-refractivity contribution >= 4 is 34.8 Å². The summed E-state index contributed by atoms with van der Waals surface area (Å²) < 4.78 is 0. The molecule has 0 spiro atoms. The normalized spacial score (nSPS) is 18.3. The van der Waals surface area contributed by atoms with Gasteiger partial charge in [-0.1, -0.05) is 47.5 Å². The predicted molar refractivity (Wildman–Crippen MR) is 99.5 cm³/mol. The smallest absolute Gasteiger partial charge is 0.228 e. The van der Waals surface area contributed by atoms with E-state index in [4.69, 9.17) is 23.2 Å². The molecule has 1 atom stereocenters. The maximum atomic E-state index is 12.5. The zero-order chi connectivity index (χ0) is 16.9. The molecule has 1 aliphatic heterocycles. The predicted octanol–water partition coefficient (Wildman–Crippen LogP) is 4.84. The number of amides is 1. The van der Waals surface area contributed by atoms with Gasteiger partial charge in [0, 0.05) is 34.4 Å². The Labute approximate surface area is 152 Å². The number of likely N-dealkylation sites (tertiary alicyclic amines) is 1. The van der Waals surface area contributed by atoms with Crippen molar-refractivity contribution in [2.75, 3.05) is 18.4 Å². The van der Waals surface area contributed by atoms with Crippen LogP contribution >= 0.6 is 23.2 Å². The van der Waals surface area contributed by atoms with E-state index in [0.29, 0.717) is 16.6 Å². The number of rotatable bonds is 4. The lowest BCUT2D eigenvalue weighted by molar-refractivity contribution is -0.121. The molecule has 1 amide bonds. The van der Waals surface area contributed by atoms with E-state index in [1.165, 1.54) is 0 Å². The van der Waals surface area contributed by atoms with Gasteiger partial charge in [0.05, 0.1) is 5.92 Å². The minimum atomic E-state index is -0.0137. The largest absolute Gasteiger partial charge is 0.326 e. The molecule has 0 aliphatic carbocycles. The van der Waals surface area contributed by atoms with Gasteiger partial charge >= 0.3 is 0 Å². The molecule has 2 aromatic carbocycles. The van der Waals surface area contributed by atoms with Gasteiger partial charge in [0.15, 0.2) is 0 Å². The van der Waals surface area contributed by atoms with Gasteiger partial charge in [-0.25, -0.2) is 0 Å². The van der Waals surface area contributed by atoms with Crippen LogP contribution in [-0.2, 0) is 11.3 Å². The van der Waals surface area contributed by atoms with Crippen LogP contribution < -0.4 is 5.32 Å². The van der Waals surface area contributed by atoms with Crippen LogP contribution in [0.15, 0.2) is 48.5 Å². The summed E-state index contributed by atoms with van der Waals surface area (Å²) in [7, 11) is 0. The number of hydrogen-bond acceptors (Lipinski definition) is 2. The van der Waals surface area contributed by atoms with Crippen LogP contribution in [0.25, 0.3) is 0 Å². The fraction of sp³-hybridized carbons (Fsp3) is 0.316. The first kappa shape index (κ1) is 17.3. The number of carbonyl (C=O) groups excluding carboxylic acids is 1. The molecule has 5 heteroatoms. The van der Waals surface area contributed by atoms with Crippen LogP contribution in [0.5, 0.6) is 0 Å². The van der Waals surface area contributed by atoms with Crippen LogP contribution in [-0.4, -0.2) is 23.9 Å². The maximum absolute atomic E-state index is 12.5. The second kappa shape index (κ2) is 8.02. The molecule has 1 saturated heterocycles. The second-order valence-electron chi connectivity index (χ2n) is 6.13. The van der Waals surface area contributed by atoms with Crippen molar-refractivity contribution in [3.63, 3.8) is 0 Å². The molecule has 126 valence electrons. The van der Waals surface area contributed by atoms with E-state index in [0.717, 1.165) is 37.2 Å². The molecule has 3 rings (SSSR count). The third-order valence-electron chi connectivity index (χ3n) is 4.36. The van der Waals surface area contributed by atoms with Gasteiger partial charge in [0.25, 0.3) is 0 Å². The van der Waals surface area contributed by atoms with E-state index in [2.05, 4.69) is 10.2 Å². The van der Waals surface area contributed by atoms with Crippen molar-refractivity contribution in [3.05, 3.63) is 64.1 Å². The summed E-state index contributed by atoms with van der Waals surface area (Å²) in [6.07, 6.45) is 1.90. The van der Waals surface area contributed by atoms with Crippen molar-refractivity contribution in [2.24, 2.45) is 5.92 Å². The van der Waals surface area contributed by atoms with Gasteiger partial charge < -0.3 is 5.32 Å². The highest BCUT2D eigenvalue weighted by Crippen LogP contribution is 2.28. The lowest BCUT2D eigenvalue weighted by atomic mass is 9.96. The Balaban J connectivity index is 1.63. The second-order valence-corrected chi connectivity index (χ2v) is 6.94. The highest BCUT2D eigenvalue weighted by molar-refractivity contribution is 6.35. The van der Waals surface area contributed by atoms with Crippen LogP contribution in [0, 0.1) is 5.92 Å². The third kappa shape index (κ3) is 4.29. The molecule has 0 radical (unpaired) electrons. The first-order chi connectivity index (χ1) is 11.6. The molecule has 0 saturated carbocycles. The highest BCUT2D eigenvalue weighted by Gasteiger charge is 2.26. The van der Waals surface area contributed by atoms with E-state index >= 15 is 0 Å². The van der Waals surface area contributed by atoms with Gasteiger partial charge in [0.2, 0.25) is 5.91 Å². The zero-order valence-electron chi connectivity index (χ0n) is 13.3. The molecule has 1 heterocycles. The molecule has 0 unspecified atom stereocenters. The Bertz CT molecular complexity index is 686. The standard InChI is InChI=1S/C19H20Cl2N2O/c20-17-9-4-10-18(21)16(17)13-23-11-5-6-14(12-23)19(24)22-15-7-2-1-3-8-15/h1-4,7-10,14H,5-6,11-13H2,(H,22,24)/t14-/m0/s1. The SMILES string of the molecule is O=C(Nc1ccccc1)[C@H]1CCCN(Cc2c(Cl)cccc2Cl)C1. The van der Waals surface area contributed by atoms with Crippen molar-refractivity contribution < 1.29 is 4.79 Å². The Morgan fingerprint density at radius 1 is 1.08 bits per heavy atom. The Morgan fingerprint density at radius 2 is 1.79 bits per heavy atom. The molecule has 0 bridgehead atoms. The molecular weight excluding hydrogens is 343 g/mol. The summed E-state index contributed by atoms with van der Waals surface area (Å²) in [6.45, 7) is 2.35. The molecule has 2 aromatic rings. The molecule has 0 aromatic heterocycles. The van der Waals surface area contributed by atoms with Gasteiger partial charge in [0.1, 0.15) is 0 Å². The lowest BCUT2D eigenvalue weighted by Gasteiger charge is -2.32. The first-order valence-corrected chi connectivity index (χ1v) is 8.90. The molecule has 1 N–H and O–H groups in total. The Hall–Kier alpha value is -1.55. The molecule has 24 heavy (non-hydrogen) atoms. The average Bonchev–Trinajstić information content (AvgIpc) is 2.59. The summed E-state index contributed by atoms with van der Waals surface area (Å²) in [5, 5.41) is 4.36. The minimum absolute atomic E-state index is 0.0137. The topological polar surface area (TPSA) is 32.3 Å². The number of para-hydroxylation sites is 1. The van der Waals surface area contributed by atoms with Crippen molar-refractivity contribution in [1.29, 1.82) is 0 Å². The van der Waals surface area contributed by atoms with Gasteiger partial charge in [-0.3, -0.25) is 9.69 Å². The minimum Gasteiger partial charge on any atom is -0.326 e. The van der Waals surface area contributed by atoms with Crippen molar-refractivity contribution in [1.82, 2.24) is 4.90 Å². The number of anilines is 1. The number of hydrogen-bond donors (Lipinski definition) is 1. The van der Waals surface area contributed by atoms with E-state index in [9.17, 15) is 4.79 Å². The summed E-state index contributed by atoms with van der Waals surface area (Å²) in [4.78, 5) is 14.8. The maximum Gasteiger partial charge on any atom is 0.228 e. The molecular formula is C19H20Cl2N2O. The van der Waals surface area contributed by atoms with Gasteiger partial charge in [-0.2, -0.15) is 0 Å². The molecule has 1 aliphatic rings. The lowest BCUT2D eigenvalue weighted by Crippen LogP contribution is -2.40. The number of nitrogens with zero attached hydrogens (tertiary/aromatic N) is 1. The van der Waals surface area contributed by atoms with Crippen LogP contribution in [0.4, 0.5) is 5.69 Å². The van der Waals surface area contributed by atoms with Crippen LogP contribution in [0.1, 0.15) is 18.4 Å². The van der Waals surface area contributed by atoms with Crippen LogP contribution in [0.2, 0.25) is 10.0 Å². The monoisotopic (exact) mass is 362 g/mol. The van der Waals surface area contributed by atoms with Crippen LogP contribution in [0.3, 0.4) is 0 Å². The molecule has 1 fully saturated rings. The summed E-state index contributed by atoms with van der Waals surface area (Å²) in [5.41, 5.74) is 1.78. The third-order valence-corrected chi connectivity index (χ3v) is 5.07. The van der Waals surface area contributed by atoms with Crippen molar-refractivity contribution in [2.45, 2.75) is 19.4 Å². The van der Waals surface area contributed by atoms with E-state index < -0.39 is 0 Å². The number of piperidine rings is 1. The van der Waals surface area contributed by atoms with E-state index in [-0.39, 0.29) is 11.8 Å². The first-order valence-electron chi connectivity index (χ1n) is 8.14. The van der Waals surface area contributed by atoms with E-state index in [1.54, 1.807) is 0 Å². The number of halogens is 2.